The molecule has 0 bridgehead atoms. The average Bonchev–Trinajstić information content (AvgIpc) is 3.72. The Labute approximate surface area is 337 Å². The highest BCUT2D eigenvalue weighted by molar-refractivity contribution is 5.95. The van der Waals surface area contributed by atoms with E-state index in [9.17, 15) is 29.1 Å². The quantitative estimate of drug-likeness (QED) is 0.130. The predicted octanol–water partition coefficient (Wildman–Crippen LogP) is 5.33. The van der Waals surface area contributed by atoms with Crippen LogP contribution in [-0.2, 0) is 53.4 Å². The minimum absolute atomic E-state index is 0.0247. The second-order valence-electron chi connectivity index (χ2n) is 16.2. The summed E-state index contributed by atoms with van der Waals surface area (Å²) < 4.78 is 35.5. The van der Waals surface area contributed by atoms with Gasteiger partial charge in [0.25, 0.3) is 0 Å². The van der Waals surface area contributed by atoms with Crippen LogP contribution in [0.25, 0.3) is 6.08 Å². The maximum Gasteiger partial charge on any atom is 0.348 e. The number of hydrogen-bond acceptors (Lipinski definition) is 12. The van der Waals surface area contributed by atoms with Crippen molar-refractivity contribution in [3.63, 3.8) is 0 Å². The van der Waals surface area contributed by atoms with Gasteiger partial charge in [0.05, 0.1) is 18.2 Å². The summed E-state index contributed by atoms with van der Waals surface area (Å²) in [6, 6.07) is 24.3. The van der Waals surface area contributed by atoms with Crippen LogP contribution >= 0.6 is 0 Å². The molecule has 2 fully saturated rings. The summed E-state index contributed by atoms with van der Waals surface area (Å²) in [6.07, 6.45) is 0.548. The first-order valence-corrected chi connectivity index (χ1v) is 19.2. The van der Waals surface area contributed by atoms with E-state index in [0.717, 1.165) is 6.08 Å². The molecule has 3 aromatic carbocycles. The Morgan fingerprint density at radius 2 is 1.60 bits per heavy atom. The maximum absolute atomic E-state index is 13.9. The van der Waals surface area contributed by atoms with Crippen LogP contribution in [0.1, 0.15) is 80.9 Å². The van der Waals surface area contributed by atoms with Crippen molar-refractivity contribution in [2.75, 3.05) is 13.2 Å². The van der Waals surface area contributed by atoms with Gasteiger partial charge >= 0.3 is 23.9 Å². The molecule has 1 amide bonds. The highest BCUT2D eigenvalue weighted by Crippen LogP contribution is 2.47. The molecular weight excluding hydrogens is 746 g/mol. The number of esters is 4. The minimum Gasteiger partial charge on any atom is -0.462 e. The van der Waals surface area contributed by atoms with Crippen LogP contribution in [0.5, 0.6) is 0 Å². The van der Waals surface area contributed by atoms with Crippen molar-refractivity contribution in [2.24, 2.45) is 5.41 Å². The number of aliphatic hydroxyl groups is 1. The Hall–Kier alpha value is -5.63. The Morgan fingerprint density at radius 3 is 2.21 bits per heavy atom. The molecule has 0 radical (unpaired) electrons. The van der Waals surface area contributed by atoms with Crippen molar-refractivity contribution in [1.29, 1.82) is 0 Å². The number of hydrogen-bond donors (Lipinski definition) is 2. The molecule has 2 heterocycles. The monoisotopic (exact) mass is 795 g/mol. The van der Waals surface area contributed by atoms with Gasteiger partial charge in [-0.2, -0.15) is 0 Å². The summed E-state index contributed by atoms with van der Waals surface area (Å²) in [5.41, 5.74) is 0.904. The Morgan fingerprint density at radius 1 is 0.931 bits per heavy atom. The molecule has 1 aliphatic carbocycles. The van der Waals surface area contributed by atoms with Gasteiger partial charge < -0.3 is 38.8 Å². The fraction of sp³-hybridized carbons (Fsp3) is 0.400. The van der Waals surface area contributed by atoms with E-state index in [1.54, 1.807) is 58.9 Å². The number of cyclic esters (lactones) is 1. The summed E-state index contributed by atoms with van der Waals surface area (Å²) in [4.78, 5) is 64.9. The van der Waals surface area contributed by atoms with E-state index < -0.39 is 83.7 Å². The predicted molar refractivity (Wildman–Crippen MR) is 210 cm³/mol. The van der Waals surface area contributed by atoms with Crippen molar-refractivity contribution in [2.45, 2.75) is 95.7 Å². The van der Waals surface area contributed by atoms with Crippen LogP contribution in [0.3, 0.4) is 0 Å². The number of fused-ring (bicyclic) bond motifs is 1. The van der Waals surface area contributed by atoms with Gasteiger partial charge in [-0.15, -0.1) is 0 Å². The zero-order chi connectivity index (χ0) is 41.7. The molecule has 2 N–H and O–H groups in total. The number of nitrogens with one attached hydrogen (secondary N) is 1. The molecule has 2 saturated heterocycles. The molecule has 0 spiro atoms. The number of carbonyl (C=O) groups excluding carboxylic acids is 5. The van der Waals surface area contributed by atoms with Crippen LogP contribution < -0.4 is 5.32 Å². The zero-order valence-corrected chi connectivity index (χ0v) is 33.2. The highest BCUT2D eigenvalue weighted by atomic mass is 16.8. The Kier molecular flexibility index (Phi) is 12.6. The molecule has 2 aliphatic heterocycles. The molecule has 3 aliphatic rings. The first kappa shape index (κ1) is 42.0. The standard InChI is InChI=1S/C45H49NO12/c1-43(2,3)57-37(49)22-20-33(26-47)46-40(50)30-24-34(38-35(25-30)56-45(58-38,31-15-8-6-9-16-31)32-17-10-7-11-18-32)54-41(51)29-14-12-13-28(23-29)19-21-36(48)55-39-42(52)53-27-44(39,4)5/h6-19,21,23,25,33-35,38-39,47H,20,22,24,26-27H2,1-5H3,(H,46,50). The van der Waals surface area contributed by atoms with Crippen LogP contribution in [0.2, 0.25) is 0 Å². The molecule has 3 aromatic rings. The molecule has 58 heavy (non-hydrogen) atoms. The largest absolute Gasteiger partial charge is 0.462 e. The van der Waals surface area contributed by atoms with Gasteiger partial charge in [-0.1, -0.05) is 86.6 Å². The van der Waals surface area contributed by atoms with Crippen LogP contribution in [0.15, 0.2) is 103 Å². The number of aliphatic hydroxyl groups excluding tert-OH is 1. The lowest BCUT2D eigenvalue weighted by molar-refractivity contribution is -0.159. The third kappa shape index (κ3) is 9.90. The second-order valence-corrected chi connectivity index (χ2v) is 16.2. The summed E-state index contributed by atoms with van der Waals surface area (Å²) in [5.74, 6) is -4.48. The summed E-state index contributed by atoms with van der Waals surface area (Å²) >= 11 is 0. The Bertz CT molecular complexity index is 2010. The molecule has 306 valence electrons. The summed E-state index contributed by atoms with van der Waals surface area (Å²) in [6.45, 7) is 8.51. The maximum atomic E-state index is 13.9. The van der Waals surface area contributed by atoms with Crippen molar-refractivity contribution in [3.05, 3.63) is 125 Å². The van der Waals surface area contributed by atoms with Gasteiger partial charge in [0.1, 0.15) is 30.5 Å². The third-order valence-electron chi connectivity index (χ3n) is 9.89. The van der Waals surface area contributed by atoms with Gasteiger partial charge in [0.15, 0.2) is 0 Å². The fourth-order valence-electron chi connectivity index (χ4n) is 6.99. The summed E-state index contributed by atoms with van der Waals surface area (Å²) in [5, 5.41) is 12.9. The lowest BCUT2D eigenvalue weighted by Crippen LogP contribution is -2.45. The van der Waals surface area contributed by atoms with Gasteiger partial charge in [-0.25, -0.2) is 14.4 Å². The fourth-order valence-corrected chi connectivity index (χ4v) is 6.99. The zero-order valence-electron chi connectivity index (χ0n) is 33.2. The average molecular weight is 796 g/mol. The van der Waals surface area contributed by atoms with E-state index in [0.29, 0.717) is 16.7 Å². The first-order chi connectivity index (χ1) is 27.6. The van der Waals surface area contributed by atoms with Gasteiger partial charge in [-0.3, -0.25) is 9.59 Å². The van der Waals surface area contributed by atoms with Crippen molar-refractivity contribution in [1.82, 2.24) is 5.32 Å². The molecule has 6 rings (SSSR count). The van der Waals surface area contributed by atoms with Gasteiger partial charge in [-0.05, 0) is 57.0 Å². The summed E-state index contributed by atoms with van der Waals surface area (Å²) in [7, 11) is 0. The number of benzene rings is 3. The van der Waals surface area contributed by atoms with E-state index >= 15 is 0 Å². The van der Waals surface area contributed by atoms with E-state index in [2.05, 4.69) is 5.32 Å². The topological polar surface area (TPSA) is 173 Å². The van der Waals surface area contributed by atoms with E-state index in [4.69, 9.17) is 28.4 Å². The number of rotatable bonds is 13. The molecular formula is C45H49NO12. The molecule has 0 saturated carbocycles. The van der Waals surface area contributed by atoms with Crippen molar-refractivity contribution >= 4 is 35.9 Å². The normalized spacial score (nSPS) is 22.6. The van der Waals surface area contributed by atoms with E-state index in [1.165, 1.54) is 12.1 Å². The molecule has 5 atom stereocenters. The van der Waals surface area contributed by atoms with Gasteiger partial charge in [0, 0.05) is 41.0 Å². The van der Waals surface area contributed by atoms with E-state index in [-0.39, 0.29) is 37.0 Å². The molecule has 0 aromatic heterocycles. The van der Waals surface area contributed by atoms with Crippen molar-refractivity contribution < 1.29 is 57.5 Å². The van der Waals surface area contributed by atoms with Crippen molar-refractivity contribution in [3.8, 4) is 0 Å². The molecule has 13 nitrogen and oxygen atoms in total. The van der Waals surface area contributed by atoms with Gasteiger partial charge in [0.2, 0.25) is 17.8 Å². The lowest BCUT2D eigenvalue weighted by atomic mass is 9.90. The van der Waals surface area contributed by atoms with E-state index in [1.807, 2.05) is 60.7 Å². The smallest absolute Gasteiger partial charge is 0.348 e. The first-order valence-electron chi connectivity index (χ1n) is 19.2. The Balaban J connectivity index is 1.23. The molecule has 13 heteroatoms. The van der Waals surface area contributed by atoms with Crippen LogP contribution in [-0.4, -0.2) is 84.2 Å². The SMILES string of the molecule is CC(C)(C)OC(=O)CCC(CO)NC(=O)C1=CC2OC(c3ccccc3)(c3ccccc3)OC2C(OC(=O)c2cccc(C=CC(=O)OC3C(=O)OCC3(C)C)c2)C1. The minimum atomic E-state index is -1.42. The molecule has 5 unspecified atom stereocenters. The lowest BCUT2D eigenvalue weighted by Gasteiger charge is -2.31. The highest BCUT2D eigenvalue weighted by Gasteiger charge is 2.55. The van der Waals surface area contributed by atoms with Crippen LogP contribution in [0, 0.1) is 5.41 Å². The number of amides is 1. The number of carbonyl (C=O) groups is 5. The van der Waals surface area contributed by atoms with Crippen LogP contribution in [0.4, 0.5) is 0 Å². The third-order valence-corrected chi connectivity index (χ3v) is 9.89. The second kappa shape index (κ2) is 17.5. The number of ether oxygens (including phenoxy) is 6.